The molecule has 1 aromatic carbocycles. The van der Waals surface area contributed by atoms with Crippen molar-refractivity contribution in [1.29, 1.82) is 0 Å². The molecule has 2 nitrogen and oxygen atoms in total. The number of fused-ring (bicyclic) bond motifs is 1. The van der Waals surface area contributed by atoms with Gasteiger partial charge in [0.05, 0.1) is 11.4 Å². The van der Waals surface area contributed by atoms with Crippen LogP contribution >= 0.6 is 0 Å². The highest BCUT2D eigenvalue weighted by atomic mass is 15.2. The van der Waals surface area contributed by atoms with Crippen LogP contribution in [0.4, 0.5) is 11.4 Å². The van der Waals surface area contributed by atoms with Gasteiger partial charge in [0, 0.05) is 27.2 Å². The molecule has 0 saturated heterocycles. The maximum absolute atomic E-state index is 2.30. The maximum Gasteiger partial charge on any atom is 0.0602 e. The number of rotatable bonds is 0. The minimum Gasteiger partial charge on any atom is -0.371 e. The second-order valence-electron chi connectivity index (χ2n) is 3.33. The van der Waals surface area contributed by atoms with E-state index >= 15 is 0 Å². The third-order valence-electron chi connectivity index (χ3n) is 2.48. The molecular weight excluding hydrogens is 148 g/mol. The summed E-state index contributed by atoms with van der Waals surface area (Å²) in [5.74, 6) is 0. The summed E-state index contributed by atoms with van der Waals surface area (Å²) in [6.45, 7) is 2.24. The molecule has 1 aromatic rings. The summed E-state index contributed by atoms with van der Waals surface area (Å²) in [4.78, 5) is 4.60. The predicted molar refractivity (Wildman–Crippen MR) is 53.0 cm³/mol. The molecule has 2 heteroatoms. The molecule has 0 unspecified atom stereocenters. The first kappa shape index (κ1) is 7.47. The van der Waals surface area contributed by atoms with E-state index in [9.17, 15) is 0 Å². The van der Waals surface area contributed by atoms with E-state index in [1.165, 1.54) is 11.4 Å². The molecule has 1 aliphatic heterocycles. The summed E-state index contributed by atoms with van der Waals surface area (Å²) in [5.41, 5.74) is 2.68. The lowest BCUT2D eigenvalue weighted by Gasteiger charge is -2.34. The third-order valence-corrected chi connectivity index (χ3v) is 2.48. The van der Waals surface area contributed by atoms with Crippen molar-refractivity contribution >= 4 is 11.4 Å². The van der Waals surface area contributed by atoms with E-state index in [4.69, 9.17) is 0 Å². The van der Waals surface area contributed by atoms with Crippen LogP contribution in [-0.2, 0) is 0 Å². The summed E-state index contributed by atoms with van der Waals surface area (Å²) in [7, 11) is 4.29. The van der Waals surface area contributed by atoms with Gasteiger partial charge >= 0.3 is 0 Å². The Hall–Kier alpha value is -1.18. The molecule has 64 valence electrons. The number of likely N-dealkylation sites (N-methyl/N-ethyl adjacent to an activating group) is 2. The monoisotopic (exact) mass is 162 g/mol. The number of hydrogen-bond donors (Lipinski definition) is 0. The van der Waals surface area contributed by atoms with Gasteiger partial charge < -0.3 is 9.80 Å². The molecule has 0 fully saturated rings. The average molecular weight is 162 g/mol. The van der Waals surface area contributed by atoms with Crippen LogP contribution in [0.5, 0.6) is 0 Å². The fourth-order valence-corrected chi connectivity index (χ4v) is 1.65. The molecule has 0 aromatic heterocycles. The van der Waals surface area contributed by atoms with E-state index < -0.39 is 0 Å². The van der Waals surface area contributed by atoms with Gasteiger partial charge in [-0.25, -0.2) is 0 Å². The van der Waals surface area contributed by atoms with E-state index in [0.29, 0.717) is 0 Å². The van der Waals surface area contributed by atoms with Gasteiger partial charge in [0.1, 0.15) is 0 Å². The Morgan fingerprint density at radius 1 is 0.917 bits per heavy atom. The zero-order valence-corrected chi connectivity index (χ0v) is 7.62. The van der Waals surface area contributed by atoms with Gasteiger partial charge in [-0.2, -0.15) is 0 Å². The molecule has 0 aliphatic carbocycles. The first-order valence-electron chi connectivity index (χ1n) is 4.30. The summed E-state index contributed by atoms with van der Waals surface area (Å²) >= 11 is 0. The Morgan fingerprint density at radius 2 is 1.33 bits per heavy atom. The molecule has 0 amide bonds. The van der Waals surface area contributed by atoms with Crippen molar-refractivity contribution < 1.29 is 0 Å². The Balaban J connectivity index is 2.47. The van der Waals surface area contributed by atoms with Gasteiger partial charge in [-0.3, -0.25) is 0 Å². The minimum absolute atomic E-state index is 1.12. The van der Waals surface area contributed by atoms with Gasteiger partial charge in [-0.05, 0) is 12.1 Å². The van der Waals surface area contributed by atoms with E-state index in [2.05, 4.69) is 48.2 Å². The van der Waals surface area contributed by atoms with Crippen molar-refractivity contribution in [1.82, 2.24) is 0 Å². The number of benzene rings is 1. The van der Waals surface area contributed by atoms with E-state index in [1.54, 1.807) is 0 Å². The molecule has 0 saturated carbocycles. The second kappa shape index (κ2) is 2.70. The third kappa shape index (κ3) is 1.04. The second-order valence-corrected chi connectivity index (χ2v) is 3.33. The Labute approximate surface area is 73.4 Å². The predicted octanol–water partition coefficient (Wildman–Crippen LogP) is 1.57. The van der Waals surface area contributed by atoms with Crippen molar-refractivity contribution in [2.75, 3.05) is 37.0 Å². The quantitative estimate of drug-likeness (QED) is 0.571. The van der Waals surface area contributed by atoms with Crippen molar-refractivity contribution in [3.63, 3.8) is 0 Å². The maximum atomic E-state index is 2.30. The molecular formula is C10H14N2. The molecule has 1 aliphatic rings. The number of nitrogens with zero attached hydrogens (tertiary/aromatic N) is 2. The van der Waals surface area contributed by atoms with Gasteiger partial charge in [0.25, 0.3) is 0 Å². The van der Waals surface area contributed by atoms with Crippen LogP contribution in [0, 0.1) is 0 Å². The molecule has 0 atom stereocenters. The standard InChI is InChI=1S/C10H14N2/c1-11-7-8-12(2)10-6-4-3-5-9(10)11/h3-6H,7-8H2,1-2H3. The summed E-state index contributed by atoms with van der Waals surface area (Å²) in [6, 6.07) is 8.53. The van der Waals surface area contributed by atoms with E-state index in [1.807, 2.05) is 0 Å². The van der Waals surface area contributed by atoms with Gasteiger partial charge in [0.15, 0.2) is 0 Å². The highest BCUT2D eigenvalue weighted by molar-refractivity contribution is 5.72. The smallest absolute Gasteiger partial charge is 0.0602 e. The van der Waals surface area contributed by atoms with Crippen molar-refractivity contribution in [2.24, 2.45) is 0 Å². The first-order chi connectivity index (χ1) is 5.79. The first-order valence-corrected chi connectivity index (χ1v) is 4.30. The highest BCUT2D eigenvalue weighted by Crippen LogP contribution is 2.30. The lowest BCUT2D eigenvalue weighted by molar-refractivity contribution is 0.798. The lowest BCUT2D eigenvalue weighted by atomic mass is 10.2. The lowest BCUT2D eigenvalue weighted by Crippen LogP contribution is -2.36. The fourth-order valence-electron chi connectivity index (χ4n) is 1.65. The van der Waals surface area contributed by atoms with Gasteiger partial charge in [-0.1, -0.05) is 12.1 Å². The zero-order chi connectivity index (χ0) is 8.55. The number of hydrogen-bond acceptors (Lipinski definition) is 2. The minimum atomic E-state index is 1.12. The fraction of sp³-hybridized carbons (Fsp3) is 0.400. The molecule has 12 heavy (non-hydrogen) atoms. The van der Waals surface area contributed by atoms with Crippen LogP contribution in [0.15, 0.2) is 24.3 Å². The van der Waals surface area contributed by atoms with E-state index in [-0.39, 0.29) is 0 Å². The average Bonchev–Trinajstić information content (AvgIpc) is 2.12. The molecule has 1 heterocycles. The molecule has 0 spiro atoms. The zero-order valence-electron chi connectivity index (χ0n) is 7.62. The molecule has 0 radical (unpaired) electrons. The molecule has 2 rings (SSSR count). The Bertz CT molecular complexity index is 254. The number of anilines is 2. The Kier molecular flexibility index (Phi) is 1.68. The van der Waals surface area contributed by atoms with Crippen LogP contribution in [0.1, 0.15) is 0 Å². The SMILES string of the molecule is CN1CCN(C)c2ccccc21. The van der Waals surface area contributed by atoms with Crippen molar-refractivity contribution in [3.8, 4) is 0 Å². The van der Waals surface area contributed by atoms with Crippen LogP contribution < -0.4 is 9.80 Å². The van der Waals surface area contributed by atoms with Crippen LogP contribution in [0.3, 0.4) is 0 Å². The van der Waals surface area contributed by atoms with Crippen LogP contribution in [-0.4, -0.2) is 27.2 Å². The number of para-hydroxylation sites is 2. The van der Waals surface area contributed by atoms with E-state index in [0.717, 1.165) is 13.1 Å². The van der Waals surface area contributed by atoms with Crippen molar-refractivity contribution in [2.45, 2.75) is 0 Å². The molecule has 0 bridgehead atoms. The topological polar surface area (TPSA) is 6.48 Å². The molecule has 0 N–H and O–H groups in total. The highest BCUT2D eigenvalue weighted by Gasteiger charge is 2.15. The summed E-state index contributed by atoms with van der Waals surface area (Å²) < 4.78 is 0. The van der Waals surface area contributed by atoms with Gasteiger partial charge in [0.2, 0.25) is 0 Å². The largest absolute Gasteiger partial charge is 0.371 e. The van der Waals surface area contributed by atoms with Crippen LogP contribution in [0.2, 0.25) is 0 Å². The summed E-state index contributed by atoms with van der Waals surface area (Å²) in [6.07, 6.45) is 0. The normalized spacial score (nSPS) is 16.2. The van der Waals surface area contributed by atoms with Crippen molar-refractivity contribution in [3.05, 3.63) is 24.3 Å². The Morgan fingerprint density at radius 3 is 1.75 bits per heavy atom. The van der Waals surface area contributed by atoms with Crippen LogP contribution in [0.25, 0.3) is 0 Å². The van der Waals surface area contributed by atoms with Gasteiger partial charge in [-0.15, -0.1) is 0 Å². The summed E-state index contributed by atoms with van der Waals surface area (Å²) in [5, 5.41) is 0.